The molecule has 0 amide bonds. The van der Waals surface area contributed by atoms with Gasteiger partial charge in [0, 0.05) is 16.8 Å². The van der Waals surface area contributed by atoms with Gasteiger partial charge in [0.1, 0.15) is 0 Å². The second-order valence-corrected chi connectivity index (χ2v) is 26.4. The van der Waals surface area contributed by atoms with Gasteiger partial charge in [-0.15, -0.1) is 0 Å². The molecule has 1 aromatic rings. The van der Waals surface area contributed by atoms with Crippen LogP contribution < -0.4 is 0 Å². The first kappa shape index (κ1) is 50.0. The van der Waals surface area contributed by atoms with Crippen molar-refractivity contribution in [3.05, 3.63) is 34.9 Å². The van der Waals surface area contributed by atoms with Crippen molar-refractivity contribution in [2.45, 2.75) is 194 Å². The van der Waals surface area contributed by atoms with Gasteiger partial charge in [-0.1, -0.05) is 177 Å². The molecular weight excluding hydrogens is 697 g/mol. The maximum absolute atomic E-state index is 9.83. The second kappa shape index (κ2) is 16.5. The Hall–Kier alpha value is -0.160. The topological polar surface area (TPSA) is 40.5 Å². The molecule has 54 heavy (non-hydrogen) atoms. The molecule has 1 aromatic carbocycles. The van der Waals surface area contributed by atoms with Crippen LogP contribution in [-0.2, 0) is 16.2 Å². The maximum Gasteiger partial charge on any atom is 0.0521 e. The SMILES string of the molecule is CC(CSCCO)CC(C)(C)C(C)(C)CC(C)(C)C(C)(C)c1cc(C(C)(C)C)cc(C(C)(C)C(C)(C)C2(C)C(C)C2(C)C(C)(C)C(SCCO)C(C)C)c1. The van der Waals surface area contributed by atoms with Gasteiger partial charge in [-0.25, -0.2) is 0 Å². The molecule has 0 spiro atoms. The van der Waals surface area contributed by atoms with E-state index in [4.69, 9.17) is 0 Å². The highest BCUT2D eigenvalue weighted by Gasteiger charge is 2.80. The molecule has 1 saturated carbocycles. The van der Waals surface area contributed by atoms with E-state index in [1.807, 2.05) is 23.5 Å². The van der Waals surface area contributed by atoms with E-state index in [0.717, 1.165) is 23.7 Å². The van der Waals surface area contributed by atoms with E-state index < -0.39 is 0 Å². The Balaban J connectivity index is 2.70. The van der Waals surface area contributed by atoms with Crippen LogP contribution in [0.1, 0.15) is 189 Å². The fourth-order valence-electron chi connectivity index (χ4n) is 11.5. The van der Waals surface area contributed by atoms with Gasteiger partial charge in [0.15, 0.2) is 0 Å². The Bertz CT molecular complexity index is 1390. The summed E-state index contributed by atoms with van der Waals surface area (Å²) in [6.45, 7) is 58.1. The van der Waals surface area contributed by atoms with Crippen LogP contribution in [0.4, 0.5) is 0 Å². The molecule has 0 radical (unpaired) electrons. The van der Waals surface area contributed by atoms with Crippen LogP contribution in [0, 0.1) is 55.7 Å². The first-order valence-corrected chi connectivity index (χ1v) is 23.8. The molecule has 2 nitrogen and oxygen atoms in total. The van der Waals surface area contributed by atoms with Gasteiger partial charge in [0.2, 0.25) is 0 Å². The summed E-state index contributed by atoms with van der Waals surface area (Å²) in [5.74, 6) is 4.45. The molecule has 0 bridgehead atoms. The van der Waals surface area contributed by atoms with Gasteiger partial charge in [0.25, 0.3) is 0 Å². The molecule has 4 heteroatoms. The maximum atomic E-state index is 9.83. The number of thioether (sulfide) groups is 2. The fraction of sp³-hybridized carbons (Fsp3) is 0.880. The average Bonchev–Trinajstić information content (AvgIpc) is 3.48. The third-order valence-corrected chi connectivity index (χ3v) is 21.0. The Morgan fingerprint density at radius 1 is 0.630 bits per heavy atom. The van der Waals surface area contributed by atoms with E-state index >= 15 is 0 Å². The van der Waals surface area contributed by atoms with Crippen LogP contribution in [0.25, 0.3) is 0 Å². The summed E-state index contributed by atoms with van der Waals surface area (Å²) in [7, 11) is 0. The zero-order valence-electron chi connectivity index (χ0n) is 40.2. The van der Waals surface area contributed by atoms with Gasteiger partial charge >= 0.3 is 0 Å². The summed E-state index contributed by atoms with van der Waals surface area (Å²) in [6.07, 6.45) is 2.32. The highest BCUT2D eigenvalue weighted by atomic mass is 32.2. The molecular formula is C50H92O2S2. The lowest BCUT2D eigenvalue weighted by molar-refractivity contribution is 0.00988. The number of benzene rings is 1. The van der Waals surface area contributed by atoms with Gasteiger partial charge in [-0.05, 0) is 107 Å². The number of hydrogen-bond acceptors (Lipinski definition) is 4. The molecule has 1 fully saturated rings. The summed E-state index contributed by atoms with van der Waals surface area (Å²) in [5.41, 5.74) is 4.90. The van der Waals surface area contributed by atoms with E-state index in [1.165, 1.54) is 23.1 Å². The summed E-state index contributed by atoms with van der Waals surface area (Å²) in [4.78, 5) is 0. The average molecular weight is 789 g/mol. The standard InChI is InChI=1S/C50H92O2S2/c1-34(2)40(54-27-25-52)47(18,19)49(22)36(4)50(49,23)48(20,21)46(16,17)39-29-37(41(5,6)7)28-38(30-39)45(14,15)44(12,13)33-43(10,11)42(8,9)31-35(3)32-53-26-24-51/h28-30,34-36,40,51-52H,24-27,31-33H2,1-23H3. The number of aliphatic hydroxyl groups excluding tert-OH is 2. The summed E-state index contributed by atoms with van der Waals surface area (Å²) < 4.78 is 0. The van der Waals surface area contributed by atoms with Crippen molar-refractivity contribution < 1.29 is 10.2 Å². The summed E-state index contributed by atoms with van der Waals surface area (Å²) in [5, 5.41) is 19.6. The molecule has 1 aliphatic carbocycles. The molecule has 316 valence electrons. The number of hydrogen-bond donors (Lipinski definition) is 2. The van der Waals surface area contributed by atoms with Crippen LogP contribution in [-0.4, -0.2) is 45.9 Å². The number of rotatable bonds is 20. The number of aliphatic hydroxyl groups is 2. The van der Waals surface area contributed by atoms with E-state index in [0.29, 0.717) is 23.0 Å². The Morgan fingerprint density at radius 3 is 1.54 bits per heavy atom. The van der Waals surface area contributed by atoms with Crippen molar-refractivity contribution >= 4 is 23.5 Å². The van der Waals surface area contributed by atoms with E-state index in [-0.39, 0.29) is 67.4 Å². The fourth-order valence-corrected chi connectivity index (χ4v) is 13.7. The van der Waals surface area contributed by atoms with Crippen molar-refractivity contribution in [2.24, 2.45) is 55.7 Å². The van der Waals surface area contributed by atoms with Gasteiger partial charge in [-0.2, -0.15) is 23.5 Å². The Morgan fingerprint density at radius 2 is 1.09 bits per heavy atom. The lowest BCUT2D eigenvalue weighted by Crippen LogP contribution is -2.49. The zero-order valence-corrected chi connectivity index (χ0v) is 41.8. The molecule has 1 aliphatic rings. The first-order valence-electron chi connectivity index (χ1n) is 21.6. The third-order valence-electron chi connectivity index (χ3n) is 17.8. The van der Waals surface area contributed by atoms with E-state index in [9.17, 15) is 10.2 Å². The first-order chi connectivity index (χ1) is 24.0. The molecule has 0 aliphatic heterocycles. The highest BCUT2D eigenvalue weighted by molar-refractivity contribution is 8.00. The largest absolute Gasteiger partial charge is 0.396 e. The Kier molecular flexibility index (Phi) is 15.2. The zero-order chi connectivity index (χ0) is 42.5. The van der Waals surface area contributed by atoms with Crippen LogP contribution in [0.15, 0.2) is 18.2 Å². The van der Waals surface area contributed by atoms with Crippen LogP contribution in [0.5, 0.6) is 0 Å². The molecule has 5 atom stereocenters. The monoisotopic (exact) mass is 789 g/mol. The minimum atomic E-state index is -0.100. The van der Waals surface area contributed by atoms with Crippen molar-refractivity contribution in [1.82, 2.24) is 0 Å². The molecule has 2 N–H and O–H groups in total. The molecule has 2 rings (SSSR count). The van der Waals surface area contributed by atoms with Crippen molar-refractivity contribution in [3.8, 4) is 0 Å². The smallest absolute Gasteiger partial charge is 0.0521 e. The lowest BCUT2D eigenvalue weighted by Gasteiger charge is -2.54. The van der Waals surface area contributed by atoms with E-state index in [2.05, 4.69) is 177 Å². The summed E-state index contributed by atoms with van der Waals surface area (Å²) in [6, 6.07) is 7.77. The molecule has 0 saturated heterocycles. The van der Waals surface area contributed by atoms with E-state index in [1.54, 1.807) is 0 Å². The second-order valence-electron chi connectivity index (χ2n) is 24.0. The van der Waals surface area contributed by atoms with Gasteiger partial charge in [0.05, 0.1) is 13.2 Å². The van der Waals surface area contributed by atoms with Crippen LogP contribution >= 0.6 is 23.5 Å². The molecule has 5 unspecified atom stereocenters. The van der Waals surface area contributed by atoms with Gasteiger partial charge in [-0.3, -0.25) is 0 Å². The predicted molar refractivity (Wildman–Crippen MR) is 246 cm³/mol. The van der Waals surface area contributed by atoms with Crippen molar-refractivity contribution in [3.63, 3.8) is 0 Å². The van der Waals surface area contributed by atoms with Crippen LogP contribution in [0.2, 0.25) is 0 Å². The minimum absolute atomic E-state index is 0.0137. The molecule has 0 aromatic heterocycles. The Labute approximate surface area is 346 Å². The third kappa shape index (κ3) is 8.74. The normalized spacial score (nSPS) is 23.6. The predicted octanol–water partition coefficient (Wildman–Crippen LogP) is 14.2. The van der Waals surface area contributed by atoms with Gasteiger partial charge < -0.3 is 10.2 Å². The van der Waals surface area contributed by atoms with Crippen LogP contribution in [0.3, 0.4) is 0 Å². The van der Waals surface area contributed by atoms with Crippen molar-refractivity contribution in [2.75, 3.05) is 30.5 Å². The molecule has 0 heterocycles. The lowest BCUT2D eigenvalue weighted by atomic mass is 9.51. The minimum Gasteiger partial charge on any atom is -0.396 e. The van der Waals surface area contributed by atoms with Crippen molar-refractivity contribution in [1.29, 1.82) is 0 Å². The quantitative estimate of drug-likeness (QED) is 0.129. The highest BCUT2D eigenvalue weighted by Crippen LogP contribution is 2.84. The summed E-state index contributed by atoms with van der Waals surface area (Å²) >= 11 is 3.87.